The van der Waals surface area contributed by atoms with Crippen LogP contribution < -0.4 is 5.32 Å². The lowest BCUT2D eigenvalue weighted by atomic mass is 10.2. The normalized spacial score (nSPS) is 10.7. The van der Waals surface area contributed by atoms with Crippen LogP contribution in [-0.2, 0) is 14.3 Å². The molecular formula is C17H15N3O4S2. The Morgan fingerprint density at radius 3 is 2.73 bits per heavy atom. The van der Waals surface area contributed by atoms with Crippen LogP contribution in [0.5, 0.6) is 0 Å². The van der Waals surface area contributed by atoms with Gasteiger partial charge in [0.15, 0.2) is 12.4 Å². The summed E-state index contributed by atoms with van der Waals surface area (Å²) in [7, 11) is 0. The van der Waals surface area contributed by atoms with Crippen molar-refractivity contribution in [1.82, 2.24) is 8.75 Å². The number of amides is 1. The topological polar surface area (TPSA) is 98.2 Å². The van der Waals surface area contributed by atoms with Gasteiger partial charge in [0.2, 0.25) is 0 Å². The second-order valence-electron chi connectivity index (χ2n) is 5.48. The average Bonchev–Trinajstić information content (AvgIpc) is 3.27. The zero-order valence-corrected chi connectivity index (χ0v) is 15.5. The number of rotatable bonds is 7. The molecule has 0 spiro atoms. The minimum atomic E-state index is -0.588. The fourth-order valence-corrected chi connectivity index (χ4v) is 3.62. The number of ketones is 1. The Kier molecular flexibility index (Phi) is 5.69. The lowest BCUT2D eigenvalue weighted by Crippen LogP contribution is -2.21. The summed E-state index contributed by atoms with van der Waals surface area (Å²) in [6.07, 6.45) is -0.00114. The van der Waals surface area contributed by atoms with E-state index in [1.165, 1.54) is 11.3 Å². The van der Waals surface area contributed by atoms with Gasteiger partial charge in [-0.3, -0.25) is 14.4 Å². The van der Waals surface area contributed by atoms with Crippen molar-refractivity contribution in [2.75, 3.05) is 11.9 Å². The molecule has 2 aromatic heterocycles. The fraction of sp³-hybridized carbons (Fsp3) is 0.235. The first-order valence-electron chi connectivity index (χ1n) is 7.79. The first-order valence-corrected chi connectivity index (χ1v) is 9.34. The number of anilines is 1. The number of carbonyl (C=O) groups is 3. The molecular weight excluding hydrogens is 374 g/mol. The number of aryl methyl sites for hydroxylation is 1. The van der Waals surface area contributed by atoms with E-state index in [9.17, 15) is 14.4 Å². The molecule has 0 aliphatic carbocycles. The van der Waals surface area contributed by atoms with Crippen molar-refractivity contribution in [1.29, 1.82) is 0 Å². The molecule has 134 valence electrons. The van der Waals surface area contributed by atoms with Crippen molar-refractivity contribution < 1.29 is 19.1 Å². The number of hydrogen-bond donors (Lipinski definition) is 1. The fourth-order valence-electron chi connectivity index (χ4n) is 2.23. The number of benzene rings is 1. The van der Waals surface area contributed by atoms with Gasteiger partial charge in [0.05, 0.1) is 28.7 Å². The number of thiophene rings is 1. The standard InChI is InChI=1S/C17H15N3O4S2/c1-10-5-7-14(25-10)13(21)6-8-16(23)24-9-15(22)18-11-3-2-4-12-17(11)20-26-19-12/h2-5,7H,6,8-9H2,1H3,(H,18,22). The zero-order chi connectivity index (χ0) is 18.5. The highest BCUT2D eigenvalue weighted by molar-refractivity contribution is 7.14. The molecule has 0 unspecified atom stereocenters. The highest BCUT2D eigenvalue weighted by Crippen LogP contribution is 2.21. The van der Waals surface area contributed by atoms with Crippen LogP contribution in [0, 0.1) is 6.92 Å². The monoisotopic (exact) mass is 389 g/mol. The number of ether oxygens (including phenoxy) is 1. The van der Waals surface area contributed by atoms with Crippen molar-refractivity contribution >= 4 is 57.4 Å². The maximum Gasteiger partial charge on any atom is 0.306 e. The van der Waals surface area contributed by atoms with Crippen molar-refractivity contribution in [2.45, 2.75) is 19.8 Å². The third kappa shape index (κ3) is 4.50. The number of aromatic nitrogens is 2. The van der Waals surface area contributed by atoms with E-state index in [4.69, 9.17) is 4.74 Å². The zero-order valence-electron chi connectivity index (χ0n) is 13.9. The minimum absolute atomic E-state index is 0.0597. The van der Waals surface area contributed by atoms with Crippen LogP contribution in [0.1, 0.15) is 27.4 Å². The largest absolute Gasteiger partial charge is 0.456 e. The summed E-state index contributed by atoms with van der Waals surface area (Å²) in [4.78, 5) is 37.3. The average molecular weight is 389 g/mol. The van der Waals surface area contributed by atoms with E-state index in [0.717, 1.165) is 16.6 Å². The number of esters is 1. The number of fused-ring (bicyclic) bond motifs is 1. The first kappa shape index (κ1) is 18.2. The first-order chi connectivity index (χ1) is 12.5. The summed E-state index contributed by atoms with van der Waals surface area (Å²) in [5.41, 5.74) is 1.79. The third-order valence-corrected chi connectivity index (χ3v) is 5.08. The summed E-state index contributed by atoms with van der Waals surface area (Å²) >= 11 is 2.45. The predicted molar refractivity (Wildman–Crippen MR) is 99.6 cm³/mol. The molecule has 0 atom stereocenters. The van der Waals surface area contributed by atoms with E-state index in [0.29, 0.717) is 21.6 Å². The van der Waals surface area contributed by atoms with Crippen LogP contribution in [0.3, 0.4) is 0 Å². The summed E-state index contributed by atoms with van der Waals surface area (Å²) in [6.45, 7) is 1.50. The van der Waals surface area contributed by atoms with Gasteiger partial charge in [-0.1, -0.05) is 6.07 Å². The van der Waals surface area contributed by atoms with E-state index in [2.05, 4.69) is 14.1 Å². The van der Waals surface area contributed by atoms with Crippen LogP contribution in [-0.4, -0.2) is 33.0 Å². The van der Waals surface area contributed by atoms with Gasteiger partial charge >= 0.3 is 5.97 Å². The molecule has 7 nitrogen and oxygen atoms in total. The second kappa shape index (κ2) is 8.15. The van der Waals surface area contributed by atoms with Crippen LogP contribution in [0.4, 0.5) is 5.69 Å². The second-order valence-corrected chi connectivity index (χ2v) is 7.30. The molecule has 1 N–H and O–H groups in total. The van der Waals surface area contributed by atoms with E-state index in [1.807, 2.05) is 13.0 Å². The Bertz CT molecular complexity index is 964. The number of hydrogen-bond acceptors (Lipinski definition) is 8. The van der Waals surface area contributed by atoms with Crippen molar-refractivity contribution in [3.8, 4) is 0 Å². The smallest absolute Gasteiger partial charge is 0.306 e. The van der Waals surface area contributed by atoms with Gasteiger partial charge in [0.1, 0.15) is 11.0 Å². The van der Waals surface area contributed by atoms with Crippen LogP contribution in [0.2, 0.25) is 0 Å². The van der Waals surface area contributed by atoms with Crippen LogP contribution in [0.15, 0.2) is 30.3 Å². The maximum absolute atomic E-state index is 12.0. The molecule has 1 aromatic carbocycles. The Morgan fingerprint density at radius 1 is 1.12 bits per heavy atom. The van der Waals surface area contributed by atoms with Gasteiger partial charge in [-0.25, -0.2) is 0 Å². The summed E-state index contributed by atoms with van der Waals surface area (Å²) in [6, 6.07) is 8.85. The Hall–Kier alpha value is -2.65. The Morgan fingerprint density at radius 2 is 1.96 bits per heavy atom. The Labute approximate surface area is 157 Å². The number of carbonyl (C=O) groups excluding carboxylic acids is 3. The number of Topliss-reactive ketones (excluding diaryl/α,β-unsaturated/α-hetero) is 1. The molecule has 0 aliphatic rings. The lowest BCUT2D eigenvalue weighted by molar-refractivity contribution is -0.147. The maximum atomic E-state index is 12.0. The lowest BCUT2D eigenvalue weighted by Gasteiger charge is -2.06. The molecule has 0 fully saturated rings. The van der Waals surface area contributed by atoms with Gasteiger partial charge < -0.3 is 10.1 Å². The van der Waals surface area contributed by atoms with Crippen molar-refractivity contribution in [2.24, 2.45) is 0 Å². The Balaban J connectivity index is 1.44. The van der Waals surface area contributed by atoms with Crippen molar-refractivity contribution in [3.05, 3.63) is 40.1 Å². The van der Waals surface area contributed by atoms with E-state index in [-0.39, 0.29) is 18.6 Å². The molecule has 0 saturated heterocycles. The van der Waals surface area contributed by atoms with Gasteiger partial charge in [0.25, 0.3) is 5.91 Å². The van der Waals surface area contributed by atoms with Gasteiger partial charge in [-0.15, -0.1) is 11.3 Å². The minimum Gasteiger partial charge on any atom is -0.456 e. The quantitative estimate of drug-likeness (QED) is 0.492. The summed E-state index contributed by atoms with van der Waals surface area (Å²) in [5.74, 6) is -1.17. The van der Waals surface area contributed by atoms with E-state index >= 15 is 0 Å². The third-order valence-electron chi connectivity index (χ3n) is 3.50. The molecule has 0 radical (unpaired) electrons. The SMILES string of the molecule is Cc1ccc(C(=O)CCC(=O)OCC(=O)Nc2cccc3nsnc23)s1. The molecule has 0 aliphatic heterocycles. The highest BCUT2D eigenvalue weighted by atomic mass is 32.1. The molecule has 2 heterocycles. The molecule has 26 heavy (non-hydrogen) atoms. The number of nitrogens with one attached hydrogen (secondary N) is 1. The van der Waals surface area contributed by atoms with E-state index in [1.54, 1.807) is 24.3 Å². The molecule has 3 rings (SSSR count). The van der Waals surface area contributed by atoms with Crippen LogP contribution >= 0.6 is 23.1 Å². The summed E-state index contributed by atoms with van der Waals surface area (Å²) in [5, 5.41) is 2.64. The number of nitrogens with zero attached hydrogens (tertiary/aromatic N) is 2. The predicted octanol–water partition coefficient (Wildman–Crippen LogP) is 3.21. The van der Waals surface area contributed by atoms with Crippen LogP contribution in [0.25, 0.3) is 11.0 Å². The molecule has 0 saturated carbocycles. The molecule has 0 bridgehead atoms. The molecule has 3 aromatic rings. The van der Waals surface area contributed by atoms with Gasteiger partial charge in [0, 0.05) is 11.3 Å². The molecule has 1 amide bonds. The highest BCUT2D eigenvalue weighted by Gasteiger charge is 2.14. The van der Waals surface area contributed by atoms with Gasteiger partial charge in [-0.2, -0.15) is 8.75 Å². The van der Waals surface area contributed by atoms with Crippen molar-refractivity contribution in [3.63, 3.8) is 0 Å². The summed E-state index contributed by atoms with van der Waals surface area (Å²) < 4.78 is 13.1. The molecule has 9 heteroatoms. The van der Waals surface area contributed by atoms with Gasteiger partial charge in [-0.05, 0) is 31.2 Å². The van der Waals surface area contributed by atoms with E-state index < -0.39 is 18.5 Å².